The zero-order valence-corrected chi connectivity index (χ0v) is 12.3. The highest BCUT2D eigenvalue weighted by Crippen LogP contribution is 2.34. The van der Waals surface area contributed by atoms with Crippen LogP contribution in [0.3, 0.4) is 0 Å². The number of nitrogens with zero attached hydrogens (tertiary/aromatic N) is 1. The Morgan fingerprint density at radius 1 is 1.43 bits per heavy atom. The number of fused-ring (bicyclic) bond motifs is 1. The fraction of sp³-hybridized carbons (Fsp3) is 0.353. The molecular formula is C17H21N3O. The molecule has 4 nitrogen and oxygen atoms in total. The Morgan fingerprint density at radius 3 is 3.00 bits per heavy atom. The second-order valence-corrected chi connectivity index (χ2v) is 5.66. The number of nitrogens with one attached hydrogen (secondary N) is 1. The van der Waals surface area contributed by atoms with E-state index < -0.39 is 0 Å². The predicted octanol–water partition coefficient (Wildman–Crippen LogP) is 2.55. The monoisotopic (exact) mass is 283 g/mol. The maximum Gasteiger partial charge on any atom is 0.268 e. The van der Waals surface area contributed by atoms with Gasteiger partial charge in [-0.15, -0.1) is 0 Å². The van der Waals surface area contributed by atoms with Crippen LogP contribution in [0.4, 0.5) is 5.69 Å². The highest BCUT2D eigenvalue weighted by molar-refractivity contribution is 5.93. The van der Waals surface area contributed by atoms with Gasteiger partial charge in [-0.1, -0.05) is 31.2 Å². The van der Waals surface area contributed by atoms with Gasteiger partial charge in [0, 0.05) is 25.2 Å². The van der Waals surface area contributed by atoms with Crippen molar-refractivity contribution in [2.45, 2.75) is 32.2 Å². The third-order valence-electron chi connectivity index (χ3n) is 4.09. The van der Waals surface area contributed by atoms with E-state index >= 15 is 0 Å². The average molecular weight is 283 g/mol. The molecule has 1 aliphatic carbocycles. The molecule has 2 aromatic rings. The molecule has 0 bridgehead atoms. The number of aryl methyl sites for hydroxylation is 1. The number of anilines is 1. The molecule has 4 heteroatoms. The molecule has 0 spiro atoms. The van der Waals surface area contributed by atoms with E-state index in [-0.39, 0.29) is 5.91 Å². The largest absolute Gasteiger partial charge is 0.397 e. The molecule has 0 radical (unpaired) electrons. The summed E-state index contributed by atoms with van der Waals surface area (Å²) in [4.78, 5) is 12.3. The molecule has 0 saturated heterocycles. The van der Waals surface area contributed by atoms with Crippen molar-refractivity contribution >= 4 is 11.6 Å². The maximum atomic E-state index is 12.3. The van der Waals surface area contributed by atoms with Crippen molar-refractivity contribution < 1.29 is 4.79 Å². The lowest BCUT2D eigenvalue weighted by Gasteiger charge is -2.30. The number of benzene rings is 1. The van der Waals surface area contributed by atoms with E-state index in [1.54, 1.807) is 6.07 Å². The van der Waals surface area contributed by atoms with Gasteiger partial charge in [-0.25, -0.2) is 0 Å². The molecule has 1 heterocycles. The topological polar surface area (TPSA) is 60.0 Å². The molecule has 0 fully saturated rings. The van der Waals surface area contributed by atoms with Crippen molar-refractivity contribution in [2.75, 3.05) is 12.3 Å². The molecule has 1 aromatic heterocycles. The van der Waals surface area contributed by atoms with Crippen LogP contribution in [0.5, 0.6) is 0 Å². The van der Waals surface area contributed by atoms with Gasteiger partial charge in [-0.3, -0.25) is 4.79 Å². The van der Waals surface area contributed by atoms with Gasteiger partial charge in [-0.05, 0) is 30.0 Å². The van der Waals surface area contributed by atoms with Gasteiger partial charge in [-0.2, -0.15) is 0 Å². The van der Waals surface area contributed by atoms with Crippen LogP contribution in [0.15, 0.2) is 36.5 Å². The minimum atomic E-state index is -0.0375. The Morgan fingerprint density at radius 2 is 2.24 bits per heavy atom. The highest BCUT2D eigenvalue weighted by Gasteiger charge is 2.26. The lowest BCUT2D eigenvalue weighted by molar-refractivity contribution is 0.0940. The molecule has 21 heavy (non-hydrogen) atoms. The van der Waals surface area contributed by atoms with Crippen LogP contribution in [0.2, 0.25) is 0 Å². The average Bonchev–Trinajstić information content (AvgIpc) is 2.81. The summed E-state index contributed by atoms with van der Waals surface area (Å²) in [5.74, 6) is 0.404. The Labute approximate surface area is 125 Å². The molecule has 1 atom stereocenters. The molecule has 3 rings (SSSR count). The first-order valence-electron chi connectivity index (χ1n) is 7.50. The lowest BCUT2D eigenvalue weighted by Crippen LogP contribution is -2.34. The summed E-state index contributed by atoms with van der Waals surface area (Å²) in [5.41, 5.74) is 9.86. The minimum Gasteiger partial charge on any atom is -0.397 e. The smallest absolute Gasteiger partial charge is 0.268 e. The zero-order valence-electron chi connectivity index (χ0n) is 12.3. The van der Waals surface area contributed by atoms with Crippen LogP contribution in [0.1, 0.15) is 40.9 Å². The van der Waals surface area contributed by atoms with Crippen molar-refractivity contribution in [1.82, 2.24) is 9.88 Å². The lowest BCUT2D eigenvalue weighted by atomic mass is 9.77. The van der Waals surface area contributed by atoms with Crippen LogP contribution in [-0.4, -0.2) is 17.0 Å². The summed E-state index contributed by atoms with van der Waals surface area (Å²) >= 11 is 0. The van der Waals surface area contributed by atoms with Gasteiger partial charge >= 0.3 is 0 Å². The predicted molar refractivity (Wildman–Crippen MR) is 84.4 cm³/mol. The molecule has 3 N–H and O–H groups in total. The van der Waals surface area contributed by atoms with Crippen LogP contribution >= 0.6 is 0 Å². The van der Waals surface area contributed by atoms with Crippen molar-refractivity contribution in [3.05, 3.63) is 53.3 Å². The van der Waals surface area contributed by atoms with Gasteiger partial charge in [0.15, 0.2) is 0 Å². The third kappa shape index (κ3) is 2.66. The maximum absolute atomic E-state index is 12.3. The number of aromatic nitrogens is 1. The quantitative estimate of drug-likeness (QED) is 0.886. The summed E-state index contributed by atoms with van der Waals surface area (Å²) < 4.78 is 1.93. The van der Waals surface area contributed by atoms with E-state index in [1.807, 2.05) is 10.8 Å². The summed E-state index contributed by atoms with van der Waals surface area (Å²) in [6, 6.07) is 10.2. The summed E-state index contributed by atoms with van der Waals surface area (Å²) in [5, 5.41) is 3.04. The summed E-state index contributed by atoms with van der Waals surface area (Å²) in [6.07, 6.45) is 3.86. The van der Waals surface area contributed by atoms with Crippen molar-refractivity contribution in [3.8, 4) is 0 Å². The summed E-state index contributed by atoms with van der Waals surface area (Å²) in [7, 11) is 0. The van der Waals surface area contributed by atoms with Crippen LogP contribution in [0, 0.1) is 0 Å². The number of rotatable bonds is 5. The second-order valence-electron chi connectivity index (χ2n) is 5.66. The highest BCUT2D eigenvalue weighted by atomic mass is 16.1. The minimum absolute atomic E-state index is 0.0375. The van der Waals surface area contributed by atoms with Gasteiger partial charge in [0.2, 0.25) is 0 Å². The molecule has 0 saturated carbocycles. The van der Waals surface area contributed by atoms with Gasteiger partial charge in [0.1, 0.15) is 5.69 Å². The van der Waals surface area contributed by atoms with Gasteiger partial charge < -0.3 is 15.6 Å². The molecule has 110 valence electrons. The van der Waals surface area contributed by atoms with E-state index in [1.165, 1.54) is 11.1 Å². The Kier molecular flexibility index (Phi) is 3.69. The molecule has 1 aliphatic rings. The zero-order chi connectivity index (χ0) is 14.8. The number of amides is 1. The van der Waals surface area contributed by atoms with Crippen molar-refractivity contribution in [2.24, 2.45) is 0 Å². The Bertz CT molecular complexity index is 660. The standard InChI is InChI=1S/C17H21N3O/c1-2-7-20-11-14(18)9-16(20)17(21)19-10-13-8-12-5-3-4-6-15(12)13/h3-6,9,11,13H,2,7-8,10,18H2,1H3,(H,19,21). The number of carbonyl (C=O) groups excluding carboxylic acids is 1. The number of hydrogen-bond acceptors (Lipinski definition) is 2. The fourth-order valence-corrected chi connectivity index (χ4v) is 3.00. The van der Waals surface area contributed by atoms with Gasteiger partial charge in [0.25, 0.3) is 5.91 Å². The molecule has 1 amide bonds. The normalized spacial score (nSPS) is 16.1. The summed E-state index contributed by atoms with van der Waals surface area (Å²) in [6.45, 7) is 3.59. The van der Waals surface area contributed by atoms with Crippen LogP contribution < -0.4 is 11.1 Å². The van der Waals surface area contributed by atoms with Crippen molar-refractivity contribution in [3.63, 3.8) is 0 Å². The van der Waals surface area contributed by atoms with Gasteiger partial charge in [0.05, 0.1) is 5.69 Å². The van der Waals surface area contributed by atoms with E-state index in [9.17, 15) is 4.79 Å². The second kappa shape index (κ2) is 5.64. The van der Waals surface area contributed by atoms with E-state index in [0.717, 1.165) is 19.4 Å². The fourth-order valence-electron chi connectivity index (χ4n) is 3.00. The SMILES string of the molecule is CCCn1cc(N)cc1C(=O)NCC1Cc2ccccc21. The number of carbonyl (C=O) groups is 1. The van der Waals surface area contributed by atoms with E-state index in [0.29, 0.717) is 23.8 Å². The first kappa shape index (κ1) is 13.7. The number of hydrogen-bond donors (Lipinski definition) is 2. The van der Waals surface area contributed by atoms with Crippen molar-refractivity contribution in [1.29, 1.82) is 0 Å². The van der Waals surface area contributed by atoms with Crippen LogP contribution in [0.25, 0.3) is 0 Å². The number of nitrogen functional groups attached to an aromatic ring is 1. The first-order chi connectivity index (χ1) is 10.2. The first-order valence-corrected chi connectivity index (χ1v) is 7.50. The van der Waals surface area contributed by atoms with E-state index in [2.05, 4.69) is 36.5 Å². The number of nitrogens with two attached hydrogens (primary N) is 1. The Balaban J connectivity index is 1.63. The van der Waals surface area contributed by atoms with Crippen LogP contribution in [-0.2, 0) is 13.0 Å². The molecule has 0 aliphatic heterocycles. The molecule has 1 aromatic carbocycles. The third-order valence-corrected chi connectivity index (χ3v) is 4.09. The molecule has 1 unspecified atom stereocenters. The van der Waals surface area contributed by atoms with E-state index in [4.69, 9.17) is 5.73 Å². The molecular weight excluding hydrogens is 262 g/mol. The Hall–Kier alpha value is -2.23.